The molecule has 0 aliphatic carbocycles. The first-order valence-electron chi connectivity index (χ1n) is 9.21. The SMILES string of the molecule is COc1c2c(cc3c1[C@@H](Nc1nc(-c4ccccc4)cs1)N(C)CC3)OCO2. The molecule has 7 heteroatoms. The van der Waals surface area contributed by atoms with E-state index < -0.39 is 0 Å². The number of rotatable bonds is 4. The van der Waals surface area contributed by atoms with Crippen LogP contribution >= 0.6 is 11.3 Å². The maximum absolute atomic E-state index is 5.76. The Kier molecular flexibility index (Phi) is 4.33. The van der Waals surface area contributed by atoms with Crippen LogP contribution in [0.1, 0.15) is 17.3 Å². The quantitative estimate of drug-likeness (QED) is 0.716. The summed E-state index contributed by atoms with van der Waals surface area (Å²) in [6, 6.07) is 12.3. The van der Waals surface area contributed by atoms with Gasteiger partial charge in [-0.3, -0.25) is 4.90 Å². The van der Waals surface area contributed by atoms with E-state index in [9.17, 15) is 0 Å². The summed E-state index contributed by atoms with van der Waals surface area (Å²) >= 11 is 1.61. The Morgan fingerprint density at radius 2 is 2.11 bits per heavy atom. The Hall–Kier alpha value is -2.77. The van der Waals surface area contributed by atoms with Crippen molar-refractivity contribution in [3.8, 4) is 28.5 Å². The van der Waals surface area contributed by atoms with Gasteiger partial charge in [0, 0.05) is 23.1 Å². The zero-order chi connectivity index (χ0) is 19.1. The Bertz CT molecular complexity index is 1010. The van der Waals surface area contributed by atoms with Crippen molar-refractivity contribution in [2.45, 2.75) is 12.6 Å². The van der Waals surface area contributed by atoms with Crippen molar-refractivity contribution < 1.29 is 14.2 Å². The lowest BCUT2D eigenvalue weighted by atomic mass is 9.95. The van der Waals surface area contributed by atoms with Crippen LogP contribution in [0.5, 0.6) is 17.2 Å². The van der Waals surface area contributed by atoms with Crippen LogP contribution in [0.15, 0.2) is 41.8 Å². The molecule has 2 aliphatic heterocycles. The fourth-order valence-electron chi connectivity index (χ4n) is 3.81. The Balaban J connectivity index is 1.51. The largest absolute Gasteiger partial charge is 0.492 e. The highest BCUT2D eigenvalue weighted by atomic mass is 32.1. The molecular formula is C21H21N3O3S. The number of hydrogen-bond donors (Lipinski definition) is 1. The summed E-state index contributed by atoms with van der Waals surface area (Å²) in [6.45, 7) is 1.17. The van der Waals surface area contributed by atoms with Crippen LogP contribution in [0.25, 0.3) is 11.3 Å². The summed E-state index contributed by atoms with van der Waals surface area (Å²) in [5.41, 5.74) is 4.41. The highest BCUT2D eigenvalue weighted by Crippen LogP contribution is 2.49. The number of likely N-dealkylation sites (N-methyl/N-ethyl adjacent to an activating group) is 1. The summed E-state index contributed by atoms with van der Waals surface area (Å²) in [4.78, 5) is 7.07. The van der Waals surface area contributed by atoms with Crippen molar-refractivity contribution in [3.05, 3.63) is 52.9 Å². The lowest BCUT2D eigenvalue weighted by Gasteiger charge is -2.36. The molecule has 0 fully saturated rings. The maximum atomic E-state index is 5.76. The van der Waals surface area contributed by atoms with Gasteiger partial charge < -0.3 is 19.5 Å². The maximum Gasteiger partial charge on any atom is 0.231 e. The van der Waals surface area contributed by atoms with Crippen molar-refractivity contribution in [1.82, 2.24) is 9.88 Å². The standard InChI is InChI=1S/C21H21N3O3S/c1-24-9-8-14-10-16-18(27-12-26-16)19(25-2)17(14)20(24)23-21-22-15(11-28-21)13-6-4-3-5-7-13/h3-7,10-11,20H,8-9,12H2,1-2H3,(H,22,23)/t20-/m0/s1. The lowest BCUT2D eigenvalue weighted by Crippen LogP contribution is -2.37. The molecule has 0 radical (unpaired) electrons. The van der Waals surface area contributed by atoms with E-state index in [0.29, 0.717) is 5.75 Å². The van der Waals surface area contributed by atoms with Crippen molar-refractivity contribution in [2.75, 3.05) is 32.8 Å². The lowest BCUT2D eigenvalue weighted by molar-refractivity contribution is 0.170. The van der Waals surface area contributed by atoms with Gasteiger partial charge in [-0.05, 0) is 25.1 Å². The number of methoxy groups -OCH3 is 1. The van der Waals surface area contributed by atoms with Gasteiger partial charge in [0.2, 0.25) is 12.5 Å². The second kappa shape index (κ2) is 7.00. The van der Waals surface area contributed by atoms with Crippen LogP contribution in [-0.4, -0.2) is 37.4 Å². The number of nitrogens with zero attached hydrogens (tertiary/aromatic N) is 2. The molecular weight excluding hydrogens is 374 g/mol. The molecule has 1 N–H and O–H groups in total. The van der Waals surface area contributed by atoms with Gasteiger partial charge in [0.1, 0.15) is 6.17 Å². The fraction of sp³-hybridized carbons (Fsp3) is 0.286. The van der Waals surface area contributed by atoms with E-state index in [0.717, 1.165) is 46.4 Å². The topological polar surface area (TPSA) is 55.9 Å². The molecule has 0 unspecified atom stereocenters. The van der Waals surface area contributed by atoms with Crippen LogP contribution in [0.3, 0.4) is 0 Å². The van der Waals surface area contributed by atoms with Gasteiger partial charge in [0.05, 0.1) is 12.8 Å². The number of benzene rings is 2. The Morgan fingerprint density at radius 3 is 2.93 bits per heavy atom. The van der Waals surface area contributed by atoms with E-state index in [2.05, 4.69) is 40.8 Å². The van der Waals surface area contributed by atoms with Crippen LogP contribution in [0.4, 0.5) is 5.13 Å². The average molecular weight is 395 g/mol. The molecule has 3 heterocycles. The summed E-state index contributed by atoms with van der Waals surface area (Å²) in [5, 5.41) is 6.56. The molecule has 28 heavy (non-hydrogen) atoms. The zero-order valence-corrected chi connectivity index (χ0v) is 16.6. The monoisotopic (exact) mass is 395 g/mol. The average Bonchev–Trinajstić information content (AvgIpc) is 3.38. The second-order valence-electron chi connectivity index (χ2n) is 6.90. The summed E-state index contributed by atoms with van der Waals surface area (Å²) < 4.78 is 17.0. The molecule has 0 saturated carbocycles. The zero-order valence-electron chi connectivity index (χ0n) is 15.8. The van der Waals surface area contributed by atoms with Crippen molar-refractivity contribution in [2.24, 2.45) is 0 Å². The number of hydrogen-bond acceptors (Lipinski definition) is 7. The van der Waals surface area contributed by atoms with Crippen LogP contribution in [0, 0.1) is 0 Å². The van der Waals surface area contributed by atoms with E-state index in [-0.39, 0.29) is 13.0 Å². The summed E-state index contributed by atoms with van der Waals surface area (Å²) in [6.07, 6.45) is 0.882. The highest BCUT2D eigenvalue weighted by molar-refractivity contribution is 7.14. The van der Waals surface area contributed by atoms with Gasteiger partial charge in [0.25, 0.3) is 0 Å². The molecule has 3 aromatic rings. The van der Waals surface area contributed by atoms with Gasteiger partial charge in [0.15, 0.2) is 16.6 Å². The molecule has 0 spiro atoms. The number of thiazole rings is 1. The number of anilines is 1. The van der Waals surface area contributed by atoms with Gasteiger partial charge in [-0.15, -0.1) is 11.3 Å². The number of aromatic nitrogens is 1. The summed E-state index contributed by atoms with van der Waals surface area (Å²) in [7, 11) is 3.79. The van der Waals surface area contributed by atoms with E-state index in [1.54, 1.807) is 18.4 Å². The second-order valence-corrected chi connectivity index (χ2v) is 7.76. The molecule has 1 atom stereocenters. The molecule has 144 valence electrons. The molecule has 5 rings (SSSR count). The van der Waals surface area contributed by atoms with Crippen LogP contribution in [0.2, 0.25) is 0 Å². The molecule has 0 saturated heterocycles. The minimum absolute atomic E-state index is 0.0528. The highest BCUT2D eigenvalue weighted by Gasteiger charge is 2.34. The number of fused-ring (bicyclic) bond motifs is 2. The van der Waals surface area contributed by atoms with E-state index in [4.69, 9.17) is 19.2 Å². The molecule has 2 aromatic carbocycles. The predicted octanol–water partition coefficient (Wildman–Crippen LogP) is 4.15. The molecule has 0 amide bonds. The number of ether oxygens (including phenoxy) is 3. The van der Waals surface area contributed by atoms with Crippen LogP contribution in [-0.2, 0) is 6.42 Å². The molecule has 6 nitrogen and oxygen atoms in total. The van der Waals surface area contributed by atoms with Gasteiger partial charge in [-0.2, -0.15) is 0 Å². The minimum Gasteiger partial charge on any atom is -0.492 e. The van der Waals surface area contributed by atoms with E-state index in [1.807, 2.05) is 18.2 Å². The molecule has 2 aliphatic rings. The van der Waals surface area contributed by atoms with Crippen molar-refractivity contribution >= 4 is 16.5 Å². The first-order valence-corrected chi connectivity index (χ1v) is 10.1. The predicted molar refractivity (Wildman–Crippen MR) is 109 cm³/mol. The van der Waals surface area contributed by atoms with Crippen molar-refractivity contribution in [1.29, 1.82) is 0 Å². The van der Waals surface area contributed by atoms with E-state index >= 15 is 0 Å². The van der Waals surface area contributed by atoms with Crippen molar-refractivity contribution in [3.63, 3.8) is 0 Å². The third-order valence-electron chi connectivity index (χ3n) is 5.23. The Labute approximate surface area is 167 Å². The third kappa shape index (κ3) is 2.87. The first-order chi connectivity index (χ1) is 13.7. The van der Waals surface area contributed by atoms with Gasteiger partial charge in [-0.1, -0.05) is 30.3 Å². The smallest absolute Gasteiger partial charge is 0.231 e. The van der Waals surface area contributed by atoms with Gasteiger partial charge in [-0.25, -0.2) is 4.98 Å². The first kappa shape index (κ1) is 17.3. The minimum atomic E-state index is -0.0528. The van der Waals surface area contributed by atoms with Gasteiger partial charge >= 0.3 is 0 Å². The summed E-state index contributed by atoms with van der Waals surface area (Å²) in [5.74, 6) is 2.20. The number of nitrogens with one attached hydrogen (secondary N) is 1. The van der Waals surface area contributed by atoms with E-state index in [1.165, 1.54) is 5.56 Å². The Morgan fingerprint density at radius 1 is 1.25 bits per heavy atom. The molecule has 1 aromatic heterocycles. The fourth-order valence-corrected chi connectivity index (χ4v) is 4.56. The normalized spacial score (nSPS) is 18.0. The molecule has 0 bridgehead atoms. The van der Waals surface area contributed by atoms with Crippen LogP contribution < -0.4 is 19.5 Å². The third-order valence-corrected chi connectivity index (χ3v) is 6.00.